The van der Waals surface area contributed by atoms with Gasteiger partial charge in [-0.25, -0.2) is 4.79 Å². The minimum atomic E-state index is -4.57. The summed E-state index contributed by atoms with van der Waals surface area (Å²) in [6.07, 6.45) is 7.29. The van der Waals surface area contributed by atoms with Crippen LogP contribution in [0.3, 0.4) is 0 Å². The average Bonchev–Trinajstić information content (AvgIpc) is 2.79. The number of esters is 1. The van der Waals surface area contributed by atoms with Crippen LogP contribution in [0.1, 0.15) is 83.1 Å². The van der Waals surface area contributed by atoms with Gasteiger partial charge in [-0.2, -0.15) is 24.9 Å². The molecule has 0 atom stereocenters. The first-order chi connectivity index (χ1) is 16.7. The normalized spacial score (nSPS) is 11.3. The van der Waals surface area contributed by atoms with Crippen LogP contribution < -0.4 is 10.6 Å². The lowest BCUT2D eigenvalue weighted by molar-refractivity contribution is -0.143. The Morgan fingerprint density at radius 2 is 1.54 bits per heavy atom. The summed E-state index contributed by atoms with van der Waals surface area (Å²) in [6.45, 7) is 2.74. The lowest BCUT2D eigenvalue weighted by Crippen LogP contribution is -2.29. The van der Waals surface area contributed by atoms with Gasteiger partial charge < -0.3 is 15.4 Å². The van der Waals surface area contributed by atoms with Gasteiger partial charge in [0, 0.05) is 18.7 Å². The van der Waals surface area contributed by atoms with Crippen LogP contribution in [-0.2, 0) is 15.7 Å². The molecule has 0 saturated carbocycles. The number of carbonyl (C=O) groups excluding carboxylic acids is 2. The Hall–Kier alpha value is -1.61. The highest BCUT2D eigenvalue weighted by Gasteiger charge is 2.33. The van der Waals surface area contributed by atoms with Crippen molar-refractivity contribution in [1.82, 2.24) is 5.32 Å². The number of anilines is 1. The zero-order chi connectivity index (χ0) is 25.9. The molecule has 0 aliphatic rings. The Morgan fingerprint density at radius 1 is 0.943 bits per heavy atom. The molecule has 0 radical (unpaired) electrons. The number of thioether (sulfide) groups is 1. The molecule has 0 spiro atoms. The Labute approximate surface area is 216 Å². The molecule has 5 nitrogen and oxygen atoms in total. The molecule has 0 aliphatic carbocycles. The third-order valence-electron chi connectivity index (χ3n) is 5.26. The van der Waals surface area contributed by atoms with Crippen molar-refractivity contribution in [2.75, 3.05) is 30.0 Å². The molecule has 200 valence electrons. The molecule has 1 rings (SSSR count). The van der Waals surface area contributed by atoms with E-state index in [1.54, 1.807) is 0 Å². The van der Waals surface area contributed by atoms with Crippen molar-refractivity contribution < 1.29 is 27.5 Å². The van der Waals surface area contributed by atoms with Gasteiger partial charge in [-0.15, -0.1) is 0 Å². The predicted octanol–water partition coefficient (Wildman–Crippen LogP) is 8.07. The van der Waals surface area contributed by atoms with Gasteiger partial charge in [-0.1, -0.05) is 56.5 Å². The van der Waals surface area contributed by atoms with Gasteiger partial charge in [0.2, 0.25) is 0 Å². The third-order valence-corrected chi connectivity index (χ3v) is 6.74. The summed E-state index contributed by atoms with van der Waals surface area (Å²) in [5.74, 6) is 1.92. The monoisotopic (exact) mass is 538 g/mol. The minimum absolute atomic E-state index is 0.0441. The number of ether oxygens (including phenoxy) is 1. The highest BCUT2D eigenvalue weighted by molar-refractivity contribution is 7.99. The molecule has 1 aromatic carbocycles. The summed E-state index contributed by atoms with van der Waals surface area (Å²) in [5.41, 5.74) is -0.932. The number of hydrogen-bond donors (Lipinski definition) is 2. The predicted molar refractivity (Wildman–Crippen MR) is 138 cm³/mol. The maximum atomic E-state index is 12.9. The Balaban J connectivity index is 1.93. The second-order valence-electron chi connectivity index (χ2n) is 8.28. The zero-order valence-corrected chi connectivity index (χ0v) is 22.1. The van der Waals surface area contributed by atoms with Crippen molar-refractivity contribution in [3.8, 4) is 0 Å². The fraction of sp³-hybridized carbons (Fsp3) is 0.680. The molecule has 0 heterocycles. The van der Waals surface area contributed by atoms with Crippen LogP contribution in [0.2, 0.25) is 5.02 Å². The van der Waals surface area contributed by atoms with E-state index in [-0.39, 0.29) is 11.7 Å². The molecule has 0 fully saturated rings. The SMILES string of the molecule is CCOC(=O)CCCCCCCCCCCSCCCNC(=O)Nc1ccc(Cl)c(C(F)(F)F)c1. The maximum Gasteiger partial charge on any atom is 0.417 e. The van der Waals surface area contributed by atoms with Crippen molar-refractivity contribution in [2.24, 2.45) is 0 Å². The summed E-state index contributed by atoms with van der Waals surface area (Å²) in [5, 5.41) is 4.66. The van der Waals surface area contributed by atoms with Crippen LogP contribution in [-0.4, -0.2) is 36.7 Å². The first-order valence-corrected chi connectivity index (χ1v) is 13.9. The van der Waals surface area contributed by atoms with Crippen LogP contribution in [0.5, 0.6) is 0 Å². The van der Waals surface area contributed by atoms with E-state index in [0.717, 1.165) is 42.9 Å². The fourth-order valence-corrected chi connectivity index (χ4v) is 4.60. The van der Waals surface area contributed by atoms with E-state index >= 15 is 0 Å². The number of amides is 2. The molecule has 0 saturated heterocycles. The highest BCUT2D eigenvalue weighted by atomic mass is 35.5. The molecular weight excluding hydrogens is 501 g/mol. The molecule has 2 N–H and O–H groups in total. The van der Waals surface area contributed by atoms with Crippen LogP contribution in [0.25, 0.3) is 0 Å². The molecular formula is C25H38ClF3N2O3S. The van der Waals surface area contributed by atoms with Crippen LogP contribution in [0.15, 0.2) is 18.2 Å². The van der Waals surface area contributed by atoms with Crippen molar-refractivity contribution in [3.05, 3.63) is 28.8 Å². The summed E-state index contributed by atoms with van der Waals surface area (Å²) < 4.78 is 43.6. The average molecular weight is 539 g/mol. The largest absolute Gasteiger partial charge is 0.466 e. The Kier molecular flexibility index (Phi) is 16.7. The zero-order valence-electron chi connectivity index (χ0n) is 20.5. The summed E-state index contributed by atoms with van der Waals surface area (Å²) in [7, 11) is 0. The van der Waals surface area contributed by atoms with E-state index < -0.39 is 22.8 Å². The Bertz CT molecular complexity index is 751. The number of unbranched alkanes of at least 4 members (excludes halogenated alkanes) is 8. The standard InChI is InChI=1S/C25H38ClF3N2O3S/c1-2-34-23(32)13-10-8-6-4-3-5-7-9-11-17-35-18-12-16-30-24(33)31-20-14-15-22(26)21(19-20)25(27,28)29/h14-15,19H,2-13,16-18H2,1H3,(H2,30,31,33). The van der Waals surface area contributed by atoms with Crippen LogP contribution in [0.4, 0.5) is 23.7 Å². The molecule has 0 aliphatic heterocycles. The second kappa shape index (κ2) is 18.6. The van der Waals surface area contributed by atoms with Gasteiger partial charge in [-0.05, 0) is 55.9 Å². The van der Waals surface area contributed by atoms with Crippen molar-refractivity contribution in [2.45, 2.75) is 83.7 Å². The molecule has 35 heavy (non-hydrogen) atoms. The van der Waals surface area contributed by atoms with Gasteiger partial charge in [0.05, 0.1) is 17.2 Å². The number of alkyl halides is 3. The Morgan fingerprint density at radius 3 is 2.17 bits per heavy atom. The van der Waals surface area contributed by atoms with E-state index in [1.807, 2.05) is 18.7 Å². The number of benzene rings is 1. The van der Waals surface area contributed by atoms with Gasteiger partial charge >= 0.3 is 18.2 Å². The smallest absolute Gasteiger partial charge is 0.417 e. The third kappa shape index (κ3) is 15.9. The second-order valence-corrected chi connectivity index (χ2v) is 9.91. The van der Waals surface area contributed by atoms with Crippen molar-refractivity contribution in [1.29, 1.82) is 0 Å². The number of urea groups is 1. The van der Waals surface area contributed by atoms with Crippen molar-refractivity contribution >= 4 is 41.1 Å². The summed E-state index contributed by atoms with van der Waals surface area (Å²) in [6, 6.07) is 2.74. The lowest BCUT2D eigenvalue weighted by Gasteiger charge is -2.12. The van der Waals surface area contributed by atoms with Gasteiger partial charge in [0.15, 0.2) is 0 Å². The van der Waals surface area contributed by atoms with Crippen LogP contribution >= 0.6 is 23.4 Å². The molecule has 0 aromatic heterocycles. The fourth-order valence-electron chi connectivity index (χ4n) is 3.42. The van der Waals surface area contributed by atoms with Gasteiger partial charge in [0.1, 0.15) is 0 Å². The van der Waals surface area contributed by atoms with E-state index in [4.69, 9.17) is 16.3 Å². The van der Waals surface area contributed by atoms with Gasteiger partial charge in [-0.3, -0.25) is 4.79 Å². The topological polar surface area (TPSA) is 67.4 Å². The van der Waals surface area contributed by atoms with E-state index in [9.17, 15) is 22.8 Å². The van der Waals surface area contributed by atoms with Crippen molar-refractivity contribution in [3.63, 3.8) is 0 Å². The van der Waals surface area contributed by atoms with E-state index in [0.29, 0.717) is 19.6 Å². The number of rotatable bonds is 18. The number of nitrogens with one attached hydrogen (secondary N) is 2. The molecule has 2 amide bonds. The quantitative estimate of drug-likeness (QED) is 0.146. The lowest BCUT2D eigenvalue weighted by atomic mass is 10.1. The molecule has 1 aromatic rings. The highest BCUT2D eigenvalue weighted by Crippen LogP contribution is 2.36. The van der Waals surface area contributed by atoms with Gasteiger partial charge in [0.25, 0.3) is 0 Å². The summed E-state index contributed by atoms with van der Waals surface area (Å²) in [4.78, 5) is 23.1. The number of hydrogen-bond acceptors (Lipinski definition) is 4. The minimum Gasteiger partial charge on any atom is -0.466 e. The summed E-state index contributed by atoms with van der Waals surface area (Å²) >= 11 is 7.43. The molecule has 10 heteroatoms. The first-order valence-electron chi connectivity index (χ1n) is 12.4. The molecule has 0 unspecified atom stereocenters. The first kappa shape index (κ1) is 31.4. The number of halogens is 4. The van der Waals surface area contributed by atoms with E-state index in [2.05, 4.69) is 10.6 Å². The molecule has 0 bridgehead atoms. The van der Waals surface area contributed by atoms with E-state index in [1.165, 1.54) is 51.0 Å². The van der Waals surface area contributed by atoms with Crippen LogP contribution in [0, 0.1) is 0 Å². The maximum absolute atomic E-state index is 12.9. The number of carbonyl (C=O) groups is 2.